The van der Waals surface area contributed by atoms with Crippen molar-refractivity contribution in [3.05, 3.63) is 119 Å². The Morgan fingerprint density at radius 2 is 1.67 bits per heavy atom. The molecule has 0 radical (unpaired) electrons. The average Bonchev–Trinajstić information content (AvgIpc) is 3.63. The maximum absolute atomic E-state index is 14.0. The van der Waals surface area contributed by atoms with Gasteiger partial charge < -0.3 is 20.9 Å². The van der Waals surface area contributed by atoms with E-state index in [1.165, 1.54) is 36.5 Å². The van der Waals surface area contributed by atoms with Crippen molar-refractivity contribution >= 4 is 29.1 Å². The Balaban J connectivity index is 1.39. The van der Waals surface area contributed by atoms with Crippen LogP contribution in [-0.4, -0.2) is 76.6 Å². The van der Waals surface area contributed by atoms with E-state index in [4.69, 9.17) is 0 Å². The maximum atomic E-state index is 14.0. The number of carbonyl (C=O) groups excluding carboxylic acids is 3. The van der Waals surface area contributed by atoms with E-state index in [1.54, 1.807) is 35.2 Å². The van der Waals surface area contributed by atoms with Gasteiger partial charge in [0.05, 0.1) is 40.5 Å². The Bertz CT molecular complexity index is 1960. The summed E-state index contributed by atoms with van der Waals surface area (Å²) in [4.78, 5) is 45.5. The van der Waals surface area contributed by atoms with Crippen LogP contribution < -0.4 is 16.0 Å². The molecular weight excluding hydrogens is 673 g/mol. The molecule has 1 aliphatic heterocycles. The number of amides is 3. The Kier molecular flexibility index (Phi) is 11.8. The molecule has 1 fully saturated rings. The lowest BCUT2D eigenvalue weighted by Gasteiger charge is -2.37. The molecule has 4 aromatic rings. The number of rotatable bonds is 11. The number of carbonyl (C=O) groups is 3. The zero-order valence-corrected chi connectivity index (χ0v) is 28.9. The summed E-state index contributed by atoms with van der Waals surface area (Å²) >= 11 is 0. The van der Waals surface area contributed by atoms with Crippen LogP contribution in [-0.2, 0) is 27.1 Å². The molecule has 1 aliphatic rings. The Hall–Kier alpha value is -5.94. The second-order valence-electron chi connectivity index (χ2n) is 12.5. The number of hydrogen-bond donors (Lipinski definition) is 3. The highest BCUT2D eigenvalue weighted by atomic mass is 19.4. The molecule has 0 aliphatic carbocycles. The first-order chi connectivity index (χ1) is 24.9. The van der Waals surface area contributed by atoms with Crippen molar-refractivity contribution in [1.82, 2.24) is 30.2 Å². The lowest BCUT2D eigenvalue weighted by atomic mass is 10.0. The summed E-state index contributed by atoms with van der Waals surface area (Å²) in [6.07, 6.45) is -1.74. The SMILES string of the molecule is CN/C(=C(\C(=O)Nc1cccc(C(F)(F)F)c1)C(=O)N[C@@H](C)C(=O)N1CCC(N(C)Cc2ccccc2)CC1)c1ccnn1-c1ccc(C#N)cc1. The summed E-state index contributed by atoms with van der Waals surface area (Å²) in [5, 5.41) is 21.5. The normalized spacial score (nSPS) is 14.6. The van der Waals surface area contributed by atoms with Gasteiger partial charge in [-0.05, 0) is 80.9 Å². The number of halogens is 3. The van der Waals surface area contributed by atoms with Gasteiger partial charge in [-0.3, -0.25) is 19.3 Å². The monoisotopic (exact) mass is 712 g/mol. The molecule has 3 amide bonds. The van der Waals surface area contributed by atoms with E-state index >= 15 is 0 Å². The van der Waals surface area contributed by atoms with E-state index in [1.807, 2.05) is 24.3 Å². The molecule has 0 bridgehead atoms. The Labute approximate surface area is 299 Å². The summed E-state index contributed by atoms with van der Waals surface area (Å²) in [6.45, 7) is 3.26. The fourth-order valence-electron chi connectivity index (χ4n) is 6.19. The van der Waals surface area contributed by atoms with E-state index in [0.29, 0.717) is 24.3 Å². The first-order valence-electron chi connectivity index (χ1n) is 16.7. The van der Waals surface area contributed by atoms with Gasteiger partial charge in [-0.15, -0.1) is 0 Å². The Morgan fingerprint density at radius 3 is 2.31 bits per heavy atom. The lowest BCUT2D eigenvalue weighted by molar-refractivity contribution is -0.137. The number of nitrogens with one attached hydrogen (secondary N) is 3. The molecule has 3 aromatic carbocycles. The van der Waals surface area contributed by atoms with Crippen LogP contribution in [0.15, 0.2) is 96.7 Å². The van der Waals surface area contributed by atoms with Crippen molar-refractivity contribution in [2.24, 2.45) is 0 Å². The van der Waals surface area contributed by atoms with Crippen LogP contribution in [0, 0.1) is 11.3 Å². The van der Waals surface area contributed by atoms with Gasteiger partial charge in [0, 0.05) is 38.4 Å². The lowest BCUT2D eigenvalue weighted by Crippen LogP contribution is -2.52. The number of benzene rings is 3. The molecule has 270 valence electrons. The third kappa shape index (κ3) is 8.85. The largest absolute Gasteiger partial charge is 0.416 e. The highest BCUT2D eigenvalue weighted by Crippen LogP contribution is 2.31. The molecule has 11 nitrogen and oxygen atoms in total. The van der Waals surface area contributed by atoms with Gasteiger partial charge in [-0.25, -0.2) is 4.68 Å². The van der Waals surface area contributed by atoms with Crippen LogP contribution in [0.5, 0.6) is 0 Å². The molecule has 0 spiro atoms. The second-order valence-corrected chi connectivity index (χ2v) is 12.5. The van der Waals surface area contributed by atoms with E-state index < -0.39 is 35.2 Å². The van der Waals surface area contributed by atoms with E-state index in [-0.39, 0.29) is 29.0 Å². The van der Waals surface area contributed by atoms with Gasteiger partial charge in [-0.2, -0.15) is 23.5 Å². The molecule has 0 saturated carbocycles. The predicted molar refractivity (Wildman–Crippen MR) is 189 cm³/mol. The van der Waals surface area contributed by atoms with Crippen molar-refractivity contribution in [1.29, 1.82) is 5.26 Å². The standard InChI is InChI=1S/C38H39F3N8O3/c1-25(37(52)48-20-17-30(18-21-48)47(3)24-27-8-5-4-6-9-27)45-35(50)33(36(51)46-29-11-7-10-28(22-29)38(39,40)41)34(43-2)32-16-19-44-49(32)31-14-12-26(23-42)13-15-31/h4-16,19,22,25,30,43H,17-18,20-21,24H2,1-3H3,(H,45,50)(H,46,51)/b34-33-/t25-/m0/s1. The van der Waals surface area contributed by atoms with E-state index in [0.717, 1.165) is 37.6 Å². The number of nitriles is 1. The van der Waals surface area contributed by atoms with Gasteiger partial charge >= 0.3 is 6.18 Å². The molecule has 14 heteroatoms. The third-order valence-electron chi connectivity index (χ3n) is 8.93. The number of anilines is 1. The van der Waals surface area contributed by atoms with Crippen molar-refractivity contribution in [3.8, 4) is 11.8 Å². The van der Waals surface area contributed by atoms with E-state index in [9.17, 15) is 32.8 Å². The number of piperidine rings is 1. The topological polar surface area (TPSA) is 135 Å². The van der Waals surface area contributed by atoms with Crippen LogP contribution in [0.2, 0.25) is 0 Å². The quantitative estimate of drug-likeness (QED) is 0.114. The van der Waals surface area contributed by atoms with Crippen LogP contribution in [0.3, 0.4) is 0 Å². The van der Waals surface area contributed by atoms with Gasteiger partial charge in [0.1, 0.15) is 11.6 Å². The molecule has 1 saturated heterocycles. The summed E-state index contributed by atoms with van der Waals surface area (Å²) in [7, 11) is 3.53. The molecule has 2 heterocycles. The molecule has 3 N–H and O–H groups in total. The molecule has 52 heavy (non-hydrogen) atoms. The van der Waals surface area contributed by atoms with Crippen molar-refractivity contribution < 1.29 is 27.6 Å². The Morgan fingerprint density at radius 1 is 0.981 bits per heavy atom. The summed E-state index contributed by atoms with van der Waals surface area (Å²) in [6, 6.07) is 23.4. The summed E-state index contributed by atoms with van der Waals surface area (Å²) in [5.41, 5.74) is 0.698. The molecule has 0 unspecified atom stereocenters. The van der Waals surface area contributed by atoms with Crippen LogP contribution >= 0.6 is 0 Å². The third-order valence-corrected chi connectivity index (χ3v) is 8.93. The van der Waals surface area contributed by atoms with Crippen molar-refractivity contribution in [3.63, 3.8) is 0 Å². The van der Waals surface area contributed by atoms with Gasteiger partial charge in [0.2, 0.25) is 5.91 Å². The first kappa shape index (κ1) is 37.3. The minimum atomic E-state index is -4.66. The zero-order chi connectivity index (χ0) is 37.4. The number of hydrogen-bond acceptors (Lipinski definition) is 7. The highest BCUT2D eigenvalue weighted by molar-refractivity contribution is 6.27. The summed E-state index contributed by atoms with van der Waals surface area (Å²) in [5.74, 6) is -2.28. The number of aromatic nitrogens is 2. The van der Waals surface area contributed by atoms with Crippen LogP contribution in [0.1, 0.15) is 42.1 Å². The van der Waals surface area contributed by atoms with Gasteiger partial charge in [0.25, 0.3) is 11.8 Å². The highest BCUT2D eigenvalue weighted by Gasteiger charge is 2.33. The molecule has 1 aromatic heterocycles. The fraction of sp³-hybridized carbons (Fsp3) is 0.289. The predicted octanol–water partition coefficient (Wildman–Crippen LogP) is 4.96. The average molecular weight is 713 g/mol. The summed E-state index contributed by atoms with van der Waals surface area (Å²) < 4.78 is 41.9. The van der Waals surface area contributed by atoms with Gasteiger partial charge in [0.15, 0.2) is 0 Å². The van der Waals surface area contributed by atoms with Crippen LogP contribution in [0.4, 0.5) is 18.9 Å². The molecule has 1 atom stereocenters. The van der Waals surface area contributed by atoms with Gasteiger partial charge in [-0.1, -0.05) is 36.4 Å². The van der Waals surface area contributed by atoms with Crippen molar-refractivity contribution in [2.75, 3.05) is 32.5 Å². The smallest absolute Gasteiger partial charge is 0.386 e. The number of likely N-dealkylation sites (tertiary alicyclic amines) is 1. The molecule has 5 rings (SSSR count). The minimum absolute atomic E-state index is 0.00856. The van der Waals surface area contributed by atoms with Crippen LogP contribution in [0.25, 0.3) is 11.4 Å². The fourth-order valence-corrected chi connectivity index (χ4v) is 6.19. The van der Waals surface area contributed by atoms with E-state index in [2.05, 4.69) is 45.1 Å². The zero-order valence-electron chi connectivity index (χ0n) is 28.9. The first-order valence-corrected chi connectivity index (χ1v) is 16.7. The number of nitrogens with zero attached hydrogens (tertiary/aromatic N) is 5. The van der Waals surface area contributed by atoms with Crippen molar-refractivity contribution in [2.45, 2.75) is 44.6 Å². The second kappa shape index (κ2) is 16.4. The minimum Gasteiger partial charge on any atom is -0.386 e. The maximum Gasteiger partial charge on any atom is 0.416 e. The molecular formula is C38H39F3N8O3. The number of alkyl halides is 3.